The molecule has 1 unspecified atom stereocenters. The third-order valence-corrected chi connectivity index (χ3v) is 2.35. The van der Waals surface area contributed by atoms with E-state index < -0.39 is 5.54 Å². The third kappa shape index (κ3) is 2.40. The molecule has 0 heterocycles. The van der Waals surface area contributed by atoms with Crippen molar-refractivity contribution in [3.05, 3.63) is 23.8 Å². The second-order valence-corrected chi connectivity index (χ2v) is 3.64. The van der Waals surface area contributed by atoms with Gasteiger partial charge in [-0.3, -0.25) is 0 Å². The van der Waals surface area contributed by atoms with Gasteiger partial charge in [0.05, 0.1) is 26.4 Å². The zero-order valence-electron chi connectivity index (χ0n) is 9.28. The van der Waals surface area contributed by atoms with Gasteiger partial charge in [-0.2, -0.15) is 0 Å². The van der Waals surface area contributed by atoms with Crippen molar-refractivity contribution >= 4 is 0 Å². The standard InChI is InChI=1S/C11H17NO3/c1-11(12,7-13)9-6-8(14-2)4-5-10(9)15-3/h4-6,13H,7,12H2,1-3H3. The summed E-state index contributed by atoms with van der Waals surface area (Å²) in [7, 11) is 3.15. The minimum Gasteiger partial charge on any atom is -0.497 e. The van der Waals surface area contributed by atoms with E-state index in [1.165, 1.54) is 0 Å². The maximum atomic E-state index is 9.21. The van der Waals surface area contributed by atoms with Crippen molar-refractivity contribution in [1.82, 2.24) is 0 Å². The van der Waals surface area contributed by atoms with Gasteiger partial charge in [-0.15, -0.1) is 0 Å². The van der Waals surface area contributed by atoms with Crippen LogP contribution in [0.4, 0.5) is 0 Å². The van der Waals surface area contributed by atoms with Gasteiger partial charge in [-0.05, 0) is 25.1 Å². The summed E-state index contributed by atoms with van der Waals surface area (Å²) in [4.78, 5) is 0. The quantitative estimate of drug-likeness (QED) is 0.775. The first kappa shape index (κ1) is 11.8. The highest BCUT2D eigenvalue weighted by Gasteiger charge is 2.24. The van der Waals surface area contributed by atoms with Crippen LogP contribution in [0.15, 0.2) is 18.2 Å². The predicted octanol–water partition coefficient (Wildman–Crippen LogP) is 0.870. The molecule has 0 bridgehead atoms. The molecule has 0 aromatic heterocycles. The molecule has 0 saturated carbocycles. The summed E-state index contributed by atoms with van der Waals surface area (Å²) >= 11 is 0. The molecule has 0 amide bonds. The molecule has 4 nitrogen and oxygen atoms in total. The second kappa shape index (κ2) is 4.51. The Bertz CT molecular complexity index is 337. The third-order valence-electron chi connectivity index (χ3n) is 2.35. The SMILES string of the molecule is COc1ccc(OC)c(C(C)(N)CO)c1. The first-order valence-corrected chi connectivity index (χ1v) is 4.67. The maximum Gasteiger partial charge on any atom is 0.124 e. The lowest BCUT2D eigenvalue weighted by atomic mass is 9.93. The van der Waals surface area contributed by atoms with Gasteiger partial charge >= 0.3 is 0 Å². The molecular formula is C11H17NO3. The smallest absolute Gasteiger partial charge is 0.124 e. The zero-order chi connectivity index (χ0) is 11.5. The number of aliphatic hydroxyl groups is 1. The highest BCUT2D eigenvalue weighted by molar-refractivity contribution is 5.44. The van der Waals surface area contributed by atoms with Crippen molar-refractivity contribution in [2.24, 2.45) is 5.73 Å². The molecule has 1 rings (SSSR count). The fraction of sp³-hybridized carbons (Fsp3) is 0.455. The molecular weight excluding hydrogens is 194 g/mol. The van der Waals surface area contributed by atoms with Crippen LogP contribution in [0, 0.1) is 0 Å². The number of benzene rings is 1. The summed E-state index contributed by atoms with van der Waals surface area (Å²) in [5.41, 5.74) is 5.85. The summed E-state index contributed by atoms with van der Waals surface area (Å²) in [5.74, 6) is 1.34. The molecule has 0 aliphatic carbocycles. The number of methoxy groups -OCH3 is 2. The van der Waals surface area contributed by atoms with Crippen LogP contribution in [0.25, 0.3) is 0 Å². The monoisotopic (exact) mass is 211 g/mol. The normalized spacial score (nSPS) is 14.5. The Labute approximate surface area is 89.6 Å². The topological polar surface area (TPSA) is 64.7 Å². The van der Waals surface area contributed by atoms with Gasteiger partial charge in [0.2, 0.25) is 0 Å². The summed E-state index contributed by atoms with van der Waals surface area (Å²) in [6.07, 6.45) is 0. The molecule has 1 atom stereocenters. The van der Waals surface area contributed by atoms with Crippen molar-refractivity contribution < 1.29 is 14.6 Å². The van der Waals surface area contributed by atoms with Gasteiger partial charge in [0.25, 0.3) is 0 Å². The largest absolute Gasteiger partial charge is 0.497 e. The number of rotatable bonds is 4. The van der Waals surface area contributed by atoms with E-state index in [1.54, 1.807) is 39.3 Å². The molecule has 0 fully saturated rings. The molecule has 1 aromatic rings. The molecule has 0 radical (unpaired) electrons. The maximum absolute atomic E-state index is 9.21. The van der Waals surface area contributed by atoms with Crippen molar-refractivity contribution in [3.63, 3.8) is 0 Å². The molecule has 3 N–H and O–H groups in total. The molecule has 15 heavy (non-hydrogen) atoms. The summed E-state index contributed by atoms with van der Waals surface area (Å²) < 4.78 is 10.3. The van der Waals surface area contributed by atoms with Crippen LogP contribution >= 0.6 is 0 Å². The number of nitrogens with two attached hydrogens (primary N) is 1. The average molecular weight is 211 g/mol. The number of hydrogen-bond donors (Lipinski definition) is 2. The minimum absolute atomic E-state index is 0.156. The van der Waals surface area contributed by atoms with Crippen LogP contribution in [0.5, 0.6) is 11.5 Å². The number of ether oxygens (including phenoxy) is 2. The van der Waals surface area contributed by atoms with Crippen LogP contribution in [-0.4, -0.2) is 25.9 Å². The van der Waals surface area contributed by atoms with Gasteiger partial charge < -0.3 is 20.3 Å². The van der Waals surface area contributed by atoms with Crippen molar-refractivity contribution in [1.29, 1.82) is 0 Å². The van der Waals surface area contributed by atoms with E-state index in [0.717, 1.165) is 5.56 Å². The van der Waals surface area contributed by atoms with Gasteiger partial charge in [0.15, 0.2) is 0 Å². The van der Waals surface area contributed by atoms with Crippen LogP contribution < -0.4 is 15.2 Å². The number of aliphatic hydroxyl groups excluding tert-OH is 1. The fourth-order valence-corrected chi connectivity index (χ4v) is 1.35. The molecule has 4 heteroatoms. The van der Waals surface area contributed by atoms with Gasteiger partial charge in [-0.1, -0.05) is 0 Å². The Morgan fingerprint density at radius 2 is 2.00 bits per heavy atom. The highest BCUT2D eigenvalue weighted by Crippen LogP contribution is 2.31. The Hall–Kier alpha value is -1.26. The zero-order valence-corrected chi connectivity index (χ0v) is 9.28. The fourth-order valence-electron chi connectivity index (χ4n) is 1.35. The lowest BCUT2D eigenvalue weighted by Crippen LogP contribution is -2.37. The van der Waals surface area contributed by atoms with E-state index in [-0.39, 0.29) is 6.61 Å². The van der Waals surface area contributed by atoms with Crippen molar-refractivity contribution in [2.45, 2.75) is 12.5 Å². The molecule has 0 aliphatic rings. The second-order valence-electron chi connectivity index (χ2n) is 3.64. The van der Waals surface area contributed by atoms with Crippen LogP contribution in [0.3, 0.4) is 0 Å². The van der Waals surface area contributed by atoms with E-state index in [0.29, 0.717) is 11.5 Å². The first-order valence-electron chi connectivity index (χ1n) is 4.67. The van der Waals surface area contributed by atoms with E-state index in [9.17, 15) is 5.11 Å². The van der Waals surface area contributed by atoms with Gasteiger partial charge in [0.1, 0.15) is 11.5 Å². The van der Waals surface area contributed by atoms with E-state index in [1.807, 2.05) is 0 Å². The Kier molecular flexibility index (Phi) is 3.55. The van der Waals surface area contributed by atoms with Crippen LogP contribution in [-0.2, 0) is 5.54 Å². The summed E-state index contributed by atoms with van der Waals surface area (Å²) in [6.45, 7) is 1.58. The predicted molar refractivity (Wildman–Crippen MR) is 58.2 cm³/mol. The highest BCUT2D eigenvalue weighted by atomic mass is 16.5. The summed E-state index contributed by atoms with van der Waals surface area (Å²) in [5, 5.41) is 9.21. The first-order chi connectivity index (χ1) is 7.05. The number of hydrogen-bond acceptors (Lipinski definition) is 4. The van der Waals surface area contributed by atoms with Crippen molar-refractivity contribution in [3.8, 4) is 11.5 Å². The average Bonchev–Trinajstić information content (AvgIpc) is 2.28. The van der Waals surface area contributed by atoms with Crippen molar-refractivity contribution in [2.75, 3.05) is 20.8 Å². The van der Waals surface area contributed by atoms with E-state index in [4.69, 9.17) is 15.2 Å². The van der Waals surface area contributed by atoms with Gasteiger partial charge in [-0.25, -0.2) is 0 Å². The van der Waals surface area contributed by atoms with E-state index >= 15 is 0 Å². The molecule has 1 aromatic carbocycles. The lowest BCUT2D eigenvalue weighted by molar-refractivity contribution is 0.206. The van der Waals surface area contributed by atoms with Gasteiger partial charge in [0, 0.05) is 5.56 Å². The molecule has 0 aliphatic heterocycles. The Morgan fingerprint density at radius 3 is 2.47 bits per heavy atom. The van der Waals surface area contributed by atoms with Crippen LogP contribution in [0.2, 0.25) is 0 Å². The Morgan fingerprint density at radius 1 is 1.33 bits per heavy atom. The molecule has 0 spiro atoms. The minimum atomic E-state index is -0.833. The molecule has 0 saturated heterocycles. The summed E-state index contributed by atoms with van der Waals surface area (Å²) in [6, 6.07) is 5.33. The molecule has 84 valence electrons. The van der Waals surface area contributed by atoms with E-state index in [2.05, 4.69) is 0 Å². The van der Waals surface area contributed by atoms with Crippen LogP contribution in [0.1, 0.15) is 12.5 Å². The Balaban J connectivity index is 3.23. The lowest BCUT2D eigenvalue weighted by Gasteiger charge is -2.25.